The van der Waals surface area contributed by atoms with Gasteiger partial charge in [-0.15, -0.1) is 0 Å². The summed E-state index contributed by atoms with van der Waals surface area (Å²) < 4.78 is 5.66. The number of amides is 3. The first-order valence-corrected chi connectivity index (χ1v) is 9.13. The maximum atomic E-state index is 12.6. The Balaban J connectivity index is 1.73. The lowest BCUT2D eigenvalue weighted by atomic mass is 10.1. The number of hydrogen-bond donors (Lipinski definition) is 2. The minimum Gasteiger partial charge on any atom is -0.451 e. The molecule has 0 saturated carbocycles. The first kappa shape index (κ1) is 18.7. The van der Waals surface area contributed by atoms with Gasteiger partial charge in [-0.3, -0.25) is 14.4 Å². The second-order valence-electron chi connectivity index (χ2n) is 6.43. The van der Waals surface area contributed by atoms with Crippen LogP contribution in [0.25, 0.3) is 11.3 Å². The standard InChI is InChI=1S/C20H23N3O4/c1-2-3-9-22-19(25)17-8-7-16(27-17)14-5-4-6-15(12-14)20(26)23-11-10-21-18(24)13-23/h4-8,12H,2-3,9-11,13H2,1H3,(H,21,24)(H,22,25). The van der Waals surface area contributed by atoms with Gasteiger partial charge in [0.2, 0.25) is 5.91 Å². The number of nitrogens with one attached hydrogen (secondary N) is 2. The minimum atomic E-state index is -0.249. The van der Waals surface area contributed by atoms with E-state index in [0.717, 1.165) is 12.8 Å². The highest BCUT2D eigenvalue weighted by Crippen LogP contribution is 2.24. The van der Waals surface area contributed by atoms with Crippen LogP contribution in [0.3, 0.4) is 0 Å². The molecule has 1 saturated heterocycles. The van der Waals surface area contributed by atoms with Crippen molar-refractivity contribution < 1.29 is 18.8 Å². The molecule has 0 radical (unpaired) electrons. The number of rotatable bonds is 6. The number of hydrogen-bond acceptors (Lipinski definition) is 4. The van der Waals surface area contributed by atoms with Crippen molar-refractivity contribution in [2.24, 2.45) is 0 Å². The van der Waals surface area contributed by atoms with Crippen LogP contribution in [0.5, 0.6) is 0 Å². The fourth-order valence-electron chi connectivity index (χ4n) is 2.88. The average molecular weight is 369 g/mol. The zero-order valence-corrected chi connectivity index (χ0v) is 15.3. The van der Waals surface area contributed by atoms with Crippen LogP contribution in [0, 0.1) is 0 Å². The molecule has 27 heavy (non-hydrogen) atoms. The largest absolute Gasteiger partial charge is 0.451 e. The predicted molar refractivity (Wildman–Crippen MR) is 100 cm³/mol. The molecule has 0 bridgehead atoms. The SMILES string of the molecule is CCCCNC(=O)c1ccc(-c2cccc(C(=O)N3CCNC(=O)C3)c2)o1. The van der Waals surface area contributed by atoms with Crippen molar-refractivity contribution in [3.8, 4) is 11.3 Å². The molecule has 1 fully saturated rings. The molecule has 1 aliphatic heterocycles. The van der Waals surface area contributed by atoms with Gasteiger partial charge in [0.05, 0.1) is 6.54 Å². The maximum absolute atomic E-state index is 12.6. The van der Waals surface area contributed by atoms with Crippen molar-refractivity contribution in [1.29, 1.82) is 0 Å². The highest BCUT2D eigenvalue weighted by atomic mass is 16.3. The van der Waals surface area contributed by atoms with Gasteiger partial charge in [-0.25, -0.2) is 0 Å². The molecule has 7 nitrogen and oxygen atoms in total. The molecule has 2 N–H and O–H groups in total. The van der Waals surface area contributed by atoms with Gasteiger partial charge in [-0.2, -0.15) is 0 Å². The van der Waals surface area contributed by atoms with E-state index >= 15 is 0 Å². The second-order valence-corrected chi connectivity index (χ2v) is 6.43. The third-order valence-electron chi connectivity index (χ3n) is 4.37. The van der Waals surface area contributed by atoms with Crippen molar-refractivity contribution in [3.05, 3.63) is 47.7 Å². The van der Waals surface area contributed by atoms with E-state index in [0.29, 0.717) is 36.5 Å². The predicted octanol–water partition coefficient (Wildman–Crippen LogP) is 2.05. The summed E-state index contributed by atoms with van der Waals surface area (Å²) in [5.41, 5.74) is 1.18. The van der Waals surface area contributed by atoms with Crippen molar-refractivity contribution in [3.63, 3.8) is 0 Å². The van der Waals surface area contributed by atoms with Gasteiger partial charge >= 0.3 is 0 Å². The summed E-state index contributed by atoms with van der Waals surface area (Å²) in [7, 11) is 0. The highest BCUT2D eigenvalue weighted by Gasteiger charge is 2.22. The molecule has 2 heterocycles. The molecule has 142 valence electrons. The van der Waals surface area contributed by atoms with Gasteiger partial charge in [0.25, 0.3) is 11.8 Å². The van der Waals surface area contributed by atoms with E-state index in [2.05, 4.69) is 17.6 Å². The van der Waals surface area contributed by atoms with E-state index in [1.165, 1.54) is 4.90 Å². The van der Waals surface area contributed by atoms with E-state index in [1.807, 2.05) is 6.07 Å². The third-order valence-corrected chi connectivity index (χ3v) is 4.37. The molecule has 3 amide bonds. The quantitative estimate of drug-likeness (QED) is 0.763. The summed E-state index contributed by atoms with van der Waals surface area (Å²) in [6.07, 6.45) is 1.92. The molecule has 0 atom stereocenters. The van der Waals surface area contributed by atoms with Gasteiger partial charge in [-0.05, 0) is 30.7 Å². The fourth-order valence-corrected chi connectivity index (χ4v) is 2.88. The maximum Gasteiger partial charge on any atom is 0.287 e. The van der Waals surface area contributed by atoms with Gasteiger partial charge < -0.3 is 20.0 Å². The van der Waals surface area contributed by atoms with Crippen molar-refractivity contribution in [2.75, 3.05) is 26.2 Å². The zero-order valence-electron chi connectivity index (χ0n) is 15.3. The first-order valence-electron chi connectivity index (χ1n) is 9.13. The average Bonchev–Trinajstić information content (AvgIpc) is 3.18. The van der Waals surface area contributed by atoms with Crippen LogP contribution in [0.1, 0.15) is 40.7 Å². The first-order chi connectivity index (χ1) is 13.1. The summed E-state index contributed by atoms with van der Waals surface area (Å²) in [4.78, 5) is 37.7. The van der Waals surface area contributed by atoms with Crippen LogP contribution in [0.4, 0.5) is 0 Å². The van der Waals surface area contributed by atoms with E-state index < -0.39 is 0 Å². The summed E-state index contributed by atoms with van der Waals surface area (Å²) >= 11 is 0. The minimum absolute atomic E-state index is 0.0614. The molecule has 7 heteroatoms. The molecule has 1 aromatic carbocycles. The molecule has 0 spiro atoms. The third kappa shape index (κ3) is 4.55. The van der Waals surface area contributed by atoms with Gasteiger partial charge in [0, 0.05) is 30.8 Å². The Morgan fingerprint density at radius 3 is 2.89 bits per heavy atom. The number of carbonyl (C=O) groups excluding carboxylic acids is 3. The topological polar surface area (TPSA) is 91.7 Å². The monoisotopic (exact) mass is 369 g/mol. The summed E-state index contributed by atoms with van der Waals surface area (Å²) in [6.45, 7) is 3.67. The number of nitrogens with zero attached hydrogens (tertiary/aromatic N) is 1. The fraction of sp³-hybridized carbons (Fsp3) is 0.350. The van der Waals surface area contributed by atoms with Gasteiger partial charge in [0.15, 0.2) is 5.76 Å². The molecule has 3 rings (SSSR count). The number of carbonyl (C=O) groups is 3. The molecule has 2 aromatic rings. The van der Waals surface area contributed by atoms with E-state index in [4.69, 9.17) is 4.42 Å². The van der Waals surface area contributed by atoms with E-state index in [9.17, 15) is 14.4 Å². The van der Waals surface area contributed by atoms with Gasteiger partial charge in [-0.1, -0.05) is 25.5 Å². The Labute approximate surface area is 157 Å². The number of furan rings is 1. The van der Waals surface area contributed by atoms with E-state index in [-0.39, 0.29) is 30.0 Å². The molecule has 1 aliphatic rings. The normalized spacial score (nSPS) is 14.0. The molecule has 0 unspecified atom stereocenters. The molecule has 0 aliphatic carbocycles. The van der Waals surface area contributed by atoms with Gasteiger partial charge in [0.1, 0.15) is 5.76 Å². The van der Waals surface area contributed by atoms with Crippen LogP contribution < -0.4 is 10.6 Å². The number of piperazine rings is 1. The second kappa shape index (κ2) is 8.53. The number of unbranched alkanes of at least 4 members (excludes halogenated alkanes) is 1. The van der Waals surface area contributed by atoms with Crippen molar-refractivity contribution in [1.82, 2.24) is 15.5 Å². The Morgan fingerprint density at radius 2 is 2.11 bits per heavy atom. The van der Waals surface area contributed by atoms with Crippen molar-refractivity contribution in [2.45, 2.75) is 19.8 Å². The Bertz CT molecular complexity index is 843. The van der Waals surface area contributed by atoms with Crippen LogP contribution in [0.2, 0.25) is 0 Å². The smallest absolute Gasteiger partial charge is 0.287 e. The summed E-state index contributed by atoms with van der Waals surface area (Å²) in [5.74, 6) is 0.153. The molecular weight excluding hydrogens is 346 g/mol. The van der Waals surface area contributed by atoms with Crippen LogP contribution in [-0.2, 0) is 4.79 Å². The van der Waals surface area contributed by atoms with Crippen LogP contribution in [0.15, 0.2) is 40.8 Å². The lowest BCUT2D eigenvalue weighted by molar-refractivity contribution is -0.123. The van der Waals surface area contributed by atoms with Crippen LogP contribution >= 0.6 is 0 Å². The Morgan fingerprint density at radius 1 is 1.26 bits per heavy atom. The lowest BCUT2D eigenvalue weighted by Crippen LogP contribution is -2.49. The Kier molecular flexibility index (Phi) is 5.90. The molecular formula is C20H23N3O4. The van der Waals surface area contributed by atoms with E-state index in [1.54, 1.807) is 30.3 Å². The number of benzene rings is 1. The molecule has 1 aromatic heterocycles. The Hall–Kier alpha value is -3.09. The summed E-state index contributed by atoms with van der Waals surface area (Å²) in [6, 6.07) is 10.3. The zero-order chi connectivity index (χ0) is 19.2. The van der Waals surface area contributed by atoms with Crippen LogP contribution in [-0.4, -0.2) is 48.8 Å². The lowest BCUT2D eigenvalue weighted by Gasteiger charge is -2.26. The summed E-state index contributed by atoms with van der Waals surface area (Å²) in [5, 5.41) is 5.51. The van der Waals surface area contributed by atoms with Crippen molar-refractivity contribution >= 4 is 17.7 Å². The highest BCUT2D eigenvalue weighted by molar-refractivity contribution is 5.98.